The number of allylic oxidation sites excluding steroid dienone is 1. The van der Waals surface area contributed by atoms with Crippen LogP contribution in [0.25, 0.3) is 17.2 Å². The van der Waals surface area contributed by atoms with E-state index < -0.39 is 69.5 Å². The number of urea groups is 2. The van der Waals surface area contributed by atoms with Crippen LogP contribution in [-0.2, 0) is 164 Å². The molecule has 17 rings (SSSR count). The number of amides is 6. The molecule has 124 heavy (non-hydrogen) atoms. The third kappa shape index (κ3) is 21.0. The fraction of sp³-hybridized carbons (Fsp3) is 0.472. The number of aromatic nitrogens is 9. The number of ether oxygens (including phenoxy) is 1. The number of rotatable bonds is 28. The van der Waals surface area contributed by atoms with Crippen LogP contribution >= 0.6 is 0 Å². The minimum Gasteiger partial charge on any atom is -0.481 e. The maximum atomic E-state index is 13.0. The second kappa shape index (κ2) is 37.8. The monoisotopic (exact) mass is 1770 g/mol. The second-order valence-corrected chi connectivity index (χ2v) is 41.7. The largest absolute Gasteiger partial charge is 0.481 e. The van der Waals surface area contributed by atoms with Gasteiger partial charge in [0, 0.05) is 79.1 Å². The van der Waals surface area contributed by atoms with Crippen molar-refractivity contribution in [2.75, 3.05) is 90.7 Å². The molecular formula is C89H114N18O13S4. The van der Waals surface area contributed by atoms with Gasteiger partial charge in [-0.1, -0.05) is 55.8 Å². The summed E-state index contributed by atoms with van der Waals surface area (Å²) in [6.45, 7) is 9.36. The lowest BCUT2D eigenvalue weighted by molar-refractivity contribution is -0.118. The molecule has 35 heteroatoms. The maximum Gasteiger partial charge on any atom is 0.333 e. The average molecular weight is 1770 g/mol. The maximum absolute atomic E-state index is 13.0. The fourth-order valence-corrected chi connectivity index (χ4v) is 21.8. The van der Waals surface area contributed by atoms with Gasteiger partial charge in [-0.15, -0.1) is 0 Å². The Labute approximate surface area is 727 Å². The Morgan fingerprint density at radius 3 is 1.68 bits per heavy atom. The fourth-order valence-electron chi connectivity index (χ4n) is 18.0. The first-order valence-electron chi connectivity index (χ1n) is 42.8. The van der Waals surface area contributed by atoms with E-state index in [1.807, 2.05) is 96.0 Å². The third-order valence-corrected chi connectivity index (χ3v) is 29.3. The lowest BCUT2D eigenvalue weighted by Crippen LogP contribution is -2.38. The zero-order valence-electron chi connectivity index (χ0n) is 72.4. The minimum atomic E-state index is -4.13. The van der Waals surface area contributed by atoms with Gasteiger partial charge in [0.25, 0.3) is 30.1 Å². The summed E-state index contributed by atoms with van der Waals surface area (Å²) in [7, 11) is -2.67. The molecule has 5 heterocycles. The summed E-state index contributed by atoms with van der Waals surface area (Å²) in [5, 5.41) is 25.1. The Morgan fingerprint density at radius 1 is 0.540 bits per heavy atom. The van der Waals surface area contributed by atoms with Crippen molar-refractivity contribution >= 4 is 86.9 Å². The van der Waals surface area contributed by atoms with E-state index in [0.717, 1.165) is 217 Å². The average Bonchev–Trinajstić information content (AvgIpc) is 1.62. The highest BCUT2D eigenvalue weighted by molar-refractivity contribution is 7.92. The first-order valence-corrected chi connectivity index (χ1v) is 48.9. The van der Waals surface area contributed by atoms with Crippen molar-refractivity contribution in [3.8, 4) is 17.0 Å². The van der Waals surface area contributed by atoms with Crippen molar-refractivity contribution in [1.29, 1.82) is 0 Å². The van der Waals surface area contributed by atoms with Crippen LogP contribution in [0.4, 0.5) is 26.7 Å². The molecule has 662 valence electrons. The highest BCUT2D eigenvalue weighted by Gasteiger charge is 2.35. The van der Waals surface area contributed by atoms with Crippen molar-refractivity contribution in [3.05, 3.63) is 187 Å². The number of sulfone groups is 1. The van der Waals surface area contributed by atoms with Crippen LogP contribution in [0.3, 0.4) is 0 Å². The number of anilines is 3. The van der Waals surface area contributed by atoms with E-state index in [1.54, 1.807) is 50.4 Å². The summed E-state index contributed by atoms with van der Waals surface area (Å²) in [6.07, 6.45) is 35.5. The van der Waals surface area contributed by atoms with Crippen LogP contribution in [0.1, 0.15) is 174 Å². The molecule has 0 atom stereocenters. The molecule has 31 nitrogen and oxygen atoms in total. The molecule has 1 fully saturated rings. The summed E-state index contributed by atoms with van der Waals surface area (Å²) < 4.78 is 121. The minimum absolute atomic E-state index is 0.0214. The number of likely N-dealkylation sites (N-methyl/N-ethyl adjacent to an activating group) is 3. The standard InChI is InChI=1S/C25H29N5O4S.C23H32N4O3S.C21H28N4O3S.C20H25N5O3S/c1-3-5-19-15-23(28-30(19)18-9-10-18)35(32,33)29-25(31)27-24-20-7-4-6-16(20)8-11-21(24)17-12-13-26-22(14-17)34-2;1-23(2,15-26(3)4)27-13-18(12-24-27)31(29,30)14-21(28)25-22-19-9-5-7-16(19)11-17-8-6-10-20(17)22;1-24(2)9-10-25-14-17(13-22-25)29(27,28)23-21(26)12-20-18-7-3-5-15(18)11-16-6-4-8-19(16)20;1-24(2)11-12-25-10-9-18(22-25)29(27,28)23-20(26)21-19-16-7-3-5-14(16)13-15-6-4-8-17(15)19/h8,11-15,18H,3-7,9-10H2,1-2H3,(H2,27,29,31);11-13H,5-10,14-15H2,1-4H3,(H,25,28);11,13-14H,3-10,12H2,1-2H3,(H,23,26);3,7,9-10,13H,4-6,8,11-12H2,1-2H3,(H2,21,23,26). The van der Waals surface area contributed by atoms with Gasteiger partial charge < -0.3 is 35.4 Å². The molecule has 0 aliphatic heterocycles. The molecule has 0 radical (unpaired) electrons. The third-order valence-electron chi connectivity index (χ3n) is 23.9. The number of carbonyl (C=O) groups is 4. The zero-order valence-corrected chi connectivity index (χ0v) is 75.7. The van der Waals surface area contributed by atoms with E-state index in [0.29, 0.717) is 31.2 Å². The van der Waals surface area contributed by atoms with Gasteiger partial charge in [0.15, 0.2) is 19.9 Å². The number of sulfonamides is 3. The van der Waals surface area contributed by atoms with Crippen molar-refractivity contribution < 1.29 is 57.6 Å². The Morgan fingerprint density at radius 2 is 1.09 bits per heavy atom. The van der Waals surface area contributed by atoms with Gasteiger partial charge in [-0.05, 0) is 293 Å². The molecule has 6 N–H and O–H groups in total. The molecule has 9 aromatic rings. The molecular weight excluding hydrogens is 1660 g/mol. The summed E-state index contributed by atoms with van der Waals surface area (Å²) in [5.41, 5.74) is 22.3. The lowest BCUT2D eigenvalue weighted by atomic mass is 9.92. The number of hydrogen-bond donors (Lipinski definition) is 6. The number of aryl methyl sites for hydroxylation is 7. The normalized spacial score (nSPS) is 15.3. The van der Waals surface area contributed by atoms with Crippen LogP contribution in [0.2, 0.25) is 0 Å². The SMILES string of the molecule is CCCc1cc(S(=O)(=O)NC(=O)Nc2c(-c3ccnc(OC)c3)ccc3c2CCC3)nn1C1CC1.CN(C)CC(C)(C)n1cc(S(=O)(=O)CC(=O)Nc2c3c(cc4c2CCC4)CCC3)cn1.CN(C)CCn1cc(S(=O)(=O)NC(=O)Cc2c3c(cc4c2CCC4)CCC3)cn1.CN(C)CCn1ccc(S(=O)(=O)NC(=O)Nc2c3c(cc4c2CCC4)CC=C3)n1. The summed E-state index contributed by atoms with van der Waals surface area (Å²) in [6, 6.07) is 16.1. The van der Waals surface area contributed by atoms with Gasteiger partial charge in [0.2, 0.25) is 17.7 Å². The highest BCUT2D eigenvalue weighted by atomic mass is 32.2. The predicted molar refractivity (Wildman–Crippen MR) is 475 cm³/mol. The Balaban J connectivity index is 0.000000135. The van der Waals surface area contributed by atoms with Crippen LogP contribution in [0.15, 0.2) is 118 Å². The lowest BCUT2D eigenvalue weighted by Gasteiger charge is -2.28. The molecule has 0 spiro atoms. The van der Waals surface area contributed by atoms with Gasteiger partial charge >= 0.3 is 12.1 Å². The van der Waals surface area contributed by atoms with Gasteiger partial charge in [0.05, 0.1) is 62.0 Å². The number of benzene rings is 4. The summed E-state index contributed by atoms with van der Waals surface area (Å²) in [4.78, 5) is 61.3. The molecule has 4 aromatic carbocycles. The molecule has 8 aliphatic carbocycles. The Kier molecular flexibility index (Phi) is 27.4. The number of nitrogens with one attached hydrogen (secondary N) is 6. The molecule has 1 saturated carbocycles. The Bertz CT molecular complexity index is 6000. The number of fused-ring (bicyclic) bond motifs is 7. The number of nitrogens with zero attached hydrogens (tertiary/aromatic N) is 12. The van der Waals surface area contributed by atoms with Gasteiger partial charge in [-0.3, -0.25) is 28.3 Å². The molecule has 8 aliphatic rings. The number of carbonyl (C=O) groups excluding carboxylic acids is 4. The molecule has 6 amide bonds. The van der Waals surface area contributed by atoms with E-state index in [9.17, 15) is 52.8 Å². The first kappa shape index (κ1) is 89.8. The van der Waals surface area contributed by atoms with Crippen molar-refractivity contribution in [3.63, 3.8) is 0 Å². The molecule has 0 bridgehead atoms. The number of methoxy groups -OCH3 is 1. The van der Waals surface area contributed by atoms with Crippen LogP contribution in [0, 0.1) is 0 Å². The number of hydrogen-bond acceptors (Lipinski definition) is 21. The van der Waals surface area contributed by atoms with Crippen molar-refractivity contribution in [1.82, 2.24) is 73.0 Å². The van der Waals surface area contributed by atoms with Crippen molar-refractivity contribution in [2.24, 2.45) is 0 Å². The van der Waals surface area contributed by atoms with Gasteiger partial charge in [-0.2, -0.15) is 37.2 Å². The molecule has 5 aromatic heterocycles. The highest BCUT2D eigenvalue weighted by Crippen LogP contribution is 2.43. The van der Waals surface area contributed by atoms with Crippen LogP contribution < -0.4 is 34.9 Å². The van der Waals surface area contributed by atoms with E-state index in [1.165, 1.54) is 86.5 Å². The Hall–Kier alpha value is -10.4. The quantitative estimate of drug-likeness (QED) is 0.0265. The second-order valence-electron chi connectivity index (χ2n) is 34.7. The van der Waals surface area contributed by atoms with Gasteiger partial charge in [0.1, 0.15) is 15.5 Å². The van der Waals surface area contributed by atoms with Crippen LogP contribution in [0.5, 0.6) is 5.88 Å². The molecule has 0 unspecified atom stereocenters. The summed E-state index contributed by atoms with van der Waals surface area (Å²) in [5.74, 6) is -1.07. The van der Waals surface area contributed by atoms with Crippen molar-refractivity contribution in [2.45, 2.75) is 219 Å². The molecule has 0 saturated heterocycles. The van der Waals surface area contributed by atoms with Gasteiger partial charge in [-0.25, -0.2) is 45.6 Å². The predicted octanol–water partition coefficient (Wildman–Crippen LogP) is 10.3. The summed E-state index contributed by atoms with van der Waals surface area (Å²) >= 11 is 0. The van der Waals surface area contributed by atoms with E-state index in [-0.39, 0.29) is 37.8 Å². The zero-order chi connectivity index (χ0) is 88.2. The smallest absolute Gasteiger partial charge is 0.333 e. The van der Waals surface area contributed by atoms with E-state index in [4.69, 9.17) is 4.74 Å². The van der Waals surface area contributed by atoms with E-state index in [2.05, 4.69) is 85.8 Å². The van der Waals surface area contributed by atoms with E-state index >= 15 is 0 Å². The first-order chi connectivity index (χ1) is 59.1. The van der Waals surface area contributed by atoms with Crippen LogP contribution in [-0.4, -0.2) is 191 Å². The number of pyridine rings is 1. The topological polar surface area (TPSA) is 380 Å².